The summed E-state index contributed by atoms with van der Waals surface area (Å²) >= 11 is 0. The molecule has 0 aliphatic carbocycles. The van der Waals surface area contributed by atoms with Crippen molar-refractivity contribution in [2.75, 3.05) is 34.0 Å². The number of allylic oxidation sites excluding steroid dienone is 1. The first-order valence-corrected chi connectivity index (χ1v) is 7.52. The van der Waals surface area contributed by atoms with Gasteiger partial charge in [0.1, 0.15) is 0 Å². The van der Waals surface area contributed by atoms with E-state index in [-0.39, 0.29) is 5.92 Å². The molecule has 1 rings (SSSR count). The number of nitrogens with zero attached hydrogens (tertiary/aromatic N) is 1. The molecule has 22 heavy (non-hydrogen) atoms. The van der Waals surface area contributed by atoms with Gasteiger partial charge in [-0.2, -0.15) is 0 Å². The number of nitrogens with two attached hydrogens (primary N) is 1. The third-order valence-corrected chi connectivity index (χ3v) is 4.13. The van der Waals surface area contributed by atoms with Gasteiger partial charge in [-0.3, -0.25) is 4.99 Å². The molecule has 6 nitrogen and oxygen atoms in total. The molecule has 0 spiro atoms. The van der Waals surface area contributed by atoms with Gasteiger partial charge in [-0.05, 0) is 33.9 Å². The fraction of sp³-hybridized carbons (Fsp3) is 0.800. The van der Waals surface area contributed by atoms with Crippen LogP contribution in [0.5, 0.6) is 0 Å². The van der Waals surface area contributed by atoms with Crippen molar-refractivity contribution in [1.82, 2.24) is 0 Å². The summed E-state index contributed by atoms with van der Waals surface area (Å²) in [6, 6.07) is 0. The quantitative estimate of drug-likeness (QED) is 0.542. The summed E-state index contributed by atoms with van der Waals surface area (Å²) in [5.41, 5.74) is 5.63. The molecule has 0 saturated carbocycles. The van der Waals surface area contributed by atoms with Crippen LogP contribution in [0.3, 0.4) is 0 Å². The Kier molecular flexibility index (Phi) is 7.06. The number of rotatable bonds is 8. The highest BCUT2D eigenvalue weighted by Gasteiger charge is 2.52. The van der Waals surface area contributed by atoms with Gasteiger partial charge in [-0.25, -0.2) is 0 Å². The first-order chi connectivity index (χ1) is 10.3. The van der Waals surface area contributed by atoms with Crippen molar-refractivity contribution in [1.29, 1.82) is 0 Å². The van der Waals surface area contributed by atoms with Gasteiger partial charge in [0.25, 0.3) is 0 Å². The molecule has 1 saturated heterocycles. The van der Waals surface area contributed by atoms with Gasteiger partial charge < -0.3 is 24.5 Å². The van der Waals surface area contributed by atoms with E-state index >= 15 is 0 Å². The predicted molar refractivity (Wildman–Crippen MR) is 89.0 cm³/mol. The Bertz CT molecular complexity index is 388. The molecule has 1 fully saturated rings. The lowest BCUT2D eigenvalue weighted by molar-refractivity contribution is 0.00578. The molecule has 0 aromatic rings. The van der Waals surface area contributed by atoms with E-state index in [0.717, 1.165) is 0 Å². The Morgan fingerprint density at radius 3 is 2.05 bits per heavy atom. The Morgan fingerprint density at radius 2 is 1.64 bits per heavy atom. The maximum absolute atomic E-state index is 5.96. The highest BCUT2D eigenvalue weighted by atomic mass is 16.7. The molecule has 0 atom stereocenters. The molecule has 126 valence electrons. The summed E-state index contributed by atoms with van der Waals surface area (Å²) in [5, 5.41) is 0. The zero-order valence-corrected chi connectivity index (χ0v) is 14.6. The van der Waals surface area contributed by atoms with Crippen molar-refractivity contribution in [3.05, 3.63) is 11.7 Å². The molecular weight excluding hydrogens is 283 g/mol. The fourth-order valence-electron chi connectivity index (χ4n) is 2.09. The zero-order valence-electron chi connectivity index (χ0n) is 14.6. The van der Waals surface area contributed by atoms with Gasteiger partial charge in [0, 0.05) is 38.4 Å². The minimum atomic E-state index is -0.498. The van der Waals surface area contributed by atoms with Crippen LogP contribution in [0, 0.1) is 5.92 Å². The minimum Gasteiger partial charge on any atom is -0.405 e. The maximum Gasteiger partial charge on any atom is 0.497 e. The van der Waals surface area contributed by atoms with Crippen LogP contribution in [0.2, 0.25) is 0 Å². The number of aliphatic imine (C=N–C) groups is 1. The topological polar surface area (TPSA) is 75.3 Å². The largest absolute Gasteiger partial charge is 0.497 e. The molecule has 7 heteroatoms. The van der Waals surface area contributed by atoms with E-state index in [1.807, 2.05) is 27.7 Å². The van der Waals surface area contributed by atoms with E-state index in [4.69, 9.17) is 24.5 Å². The van der Waals surface area contributed by atoms with Crippen molar-refractivity contribution >= 4 is 13.3 Å². The lowest BCUT2D eigenvalue weighted by Crippen LogP contribution is -2.41. The molecule has 2 N–H and O–H groups in total. The third-order valence-electron chi connectivity index (χ3n) is 4.13. The minimum absolute atomic E-state index is 0.212. The lowest BCUT2D eigenvalue weighted by atomic mass is 9.79. The molecule has 0 aromatic heterocycles. The van der Waals surface area contributed by atoms with E-state index in [9.17, 15) is 0 Å². The van der Waals surface area contributed by atoms with Gasteiger partial charge in [0.2, 0.25) is 0 Å². The van der Waals surface area contributed by atoms with Crippen LogP contribution in [-0.2, 0) is 18.8 Å². The maximum atomic E-state index is 5.96. The lowest BCUT2D eigenvalue weighted by Gasteiger charge is -2.32. The average molecular weight is 312 g/mol. The van der Waals surface area contributed by atoms with Crippen molar-refractivity contribution in [3.63, 3.8) is 0 Å². The molecule has 0 bridgehead atoms. The average Bonchev–Trinajstić information content (AvgIpc) is 2.63. The van der Waals surface area contributed by atoms with Gasteiger partial charge in [0.05, 0.1) is 24.4 Å². The van der Waals surface area contributed by atoms with Crippen LogP contribution in [0.25, 0.3) is 0 Å². The Morgan fingerprint density at radius 1 is 1.14 bits per heavy atom. The van der Waals surface area contributed by atoms with Gasteiger partial charge in [0.15, 0.2) is 0 Å². The summed E-state index contributed by atoms with van der Waals surface area (Å²) in [6.07, 6.45) is 3.19. The predicted octanol–water partition coefficient (Wildman–Crippen LogP) is 1.44. The molecule has 0 amide bonds. The van der Waals surface area contributed by atoms with E-state index in [0.29, 0.717) is 25.2 Å². The second-order valence-corrected chi connectivity index (χ2v) is 6.53. The highest BCUT2D eigenvalue weighted by Crippen LogP contribution is 2.38. The van der Waals surface area contributed by atoms with E-state index in [1.165, 1.54) is 6.20 Å². The van der Waals surface area contributed by atoms with Crippen LogP contribution in [-0.4, -0.2) is 58.5 Å². The highest BCUT2D eigenvalue weighted by molar-refractivity contribution is 6.60. The number of methoxy groups -OCH3 is 2. The number of hydrogen-bond acceptors (Lipinski definition) is 6. The van der Waals surface area contributed by atoms with Crippen LogP contribution in [0.1, 0.15) is 27.7 Å². The molecule has 0 radical (unpaired) electrons. The van der Waals surface area contributed by atoms with Crippen molar-refractivity contribution in [2.45, 2.75) is 38.9 Å². The van der Waals surface area contributed by atoms with Crippen LogP contribution in [0.15, 0.2) is 16.7 Å². The monoisotopic (exact) mass is 312 g/mol. The molecule has 1 aliphatic heterocycles. The van der Waals surface area contributed by atoms with E-state index in [1.54, 1.807) is 20.4 Å². The molecule has 0 aromatic carbocycles. The Balaban J connectivity index is 2.65. The normalized spacial score (nSPS) is 21.2. The summed E-state index contributed by atoms with van der Waals surface area (Å²) in [4.78, 5) is 4.43. The first kappa shape index (κ1) is 19.2. The second kappa shape index (κ2) is 8.10. The number of ether oxygens (including phenoxy) is 2. The molecule has 1 heterocycles. The molecular formula is C15H29BN2O4. The van der Waals surface area contributed by atoms with Gasteiger partial charge >= 0.3 is 7.12 Å². The fourth-order valence-corrected chi connectivity index (χ4v) is 2.09. The SMILES string of the molecule is COCC(CN=CC(=CN)B1OC(C)(C)C(C)(C)O1)COC. The second-order valence-electron chi connectivity index (χ2n) is 6.53. The smallest absolute Gasteiger partial charge is 0.405 e. The summed E-state index contributed by atoms with van der Waals surface area (Å²) < 4.78 is 22.2. The Hall–Kier alpha value is -0.885. The van der Waals surface area contributed by atoms with Crippen molar-refractivity contribution in [2.24, 2.45) is 16.6 Å². The van der Waals surface area contributed by atoms with Crippen LogP contribution >= 0.6 is 0 Å². The first-order valence-electron chi connectivity index (χ1n) is 7.52. The molecule has 0 unspecified atom stereocenters. The zero-order chi connectivity index (χ0) is 16.8. The third kappa shape index (κ3) is 4.81. The van der Waals surface area contributed by atoms with Crippen LogP contribution in [0.4, 0.5) is 0 Å². The van der Waals surface area contributed by atoms with E-state index in [2.05, 4.69) is 4.99 Å². The van der Waals surface area contributed by atoms with Gasteiger partial charge in [-0.15, -0.1) is 0 Å². The summed E-state index contributed by atoms with van der Waals surface area (Å²) in [5.74, 6) is 0.212. The van der Waals surface area contributed by atoms with Crippen LogP contribution < -0.4 is 5.73 Å². The standard InChI is InChI=1S/C15H29BN2O4/c1-14(2)15(3,4)22-16(21-14)13(7-17)9-18-8-12(10-19-5)11-20-6/h7,9,12H,8,10-11,17H2,1-6H3. The summed E-state index contributed by atoms with van der Waals surface area (Å²) in [7, 11) is 2.84. The molecule has 1 aliphatic rings. The van der Waals surface area contributed by atoms with Gasteiger partial charge in [-0.1, -0.05) is 0 Å². The van der Waals surface area contributed by atoms with Crippen molar-refractivity contribution in [3.8, 4) is 0 Å². The Labute approximate surface area is 134 Å². The summed E-state index contributed by atoms with van der Waals surface area (Å²) in [6.45, 7) is 9.82. The van der Waals surface area contributed by atoms with E-state index < -0.39 is 18.3 Å². The van der Waals surface area contributed by atoms with Crippen molar-refractivity contribution < 1.29 is 18.8 Å². The number of hydrogen-bond donors (Lipinski definition) is 1.